The number of hydrogen-bond acceptors (Lipinski definition) is 6. The molecule has 0 aromatic rings. The minimum Gasteiger partial charge on any atom is -0.481 e. The Balaban J connectivity index is 5.33. The summed E-state index contributed by atoms with van der Waals surface area (Å²) in [6.07, 6.45) is 14.7. The number of carboxylic acid groups (broad SMARTS) is 1. The maximum Gasteiger partial charge on any atom is 0.329 e. The Hall–Kier alpha value is -2.68. The molecule has 2 amide bonds. The summed E-state index contributed by atoms with van der Waals surface area (Å²) >= 11 is 0. The van der Waals surface area contributed by atoms with E-state index in [0.29, 0.717) is 19.3 Å². The van der Waals surface area contributed by atoms with Gasteiger partial charge < -0.3 is 26.0 Å². The molecule has 0 bridgehead atoms. The fraction of sp³-hybridized carbons (Fsp3) is 0.714. The van der Waals surface area contributed by atoms with Crippen LogP contribution in [-0.4, -0.2) is 52.2 Å². The number of ether oxygens (including phenoxy) is 1. The van der Waals surface area contributed by atoms with Gasteiger partial charge in [0.1, 0.15) is 12.1 Å². The van der Waals surface area contributed by atoms with Gasteiger partial charge in [0.05, 0.1) is 18.4 Å². The Morgan fingerprint density at radius 3 is 2.19 bits per heavy atom. The number of aliphatic hydroxyl groups excluding tert-OH is 1. The molecule has 0 radical (unpaired) electrons. The SMILES string of the molecule is CCCCC/C=C\C/C=C\C[C@@H](C[C@H](O)[C@H](CCCCCC)C(=O)O)OC(=O)[C@H](CC(N)=O)NC(C)=O. The van der Waals surface area contributed by atoms with Crippen molar-refractivity contribution in [2.75, 3.05) is 0 Å². The second-order valence-electron chi connectivity index (χ2n) is 9.49. The summed E-state index contributed by atoms with van der Waals surface area (Å²) < 4.78 is 5.55. The number of amides is 2. The number of esters is 1. The first kappa shape index (κ1) is 34.3. The Kier molecular flexibility index (Phi) is 19.9. The van der Waals surface area contributed by atoms with Crippen molar-refractivity contribution in [2.45, 2.75) is 122 Å². The molecule has 0 heterocycles. The van der Waals surface area contributed by atoms with Crippen LogP contribution in [0.2, 0.25) is 0 Å². The lowest BCUT2D eigenvalue weighted by Gasteiger charge is -2.25. The van der Waals surface area contributed by atoms with Crippen LogP contribution in [0.3, 0.4) is 0 Å². The van der Waals surface area contributed by atoms with Gasteiger partial charge in [-0.3, -0.25) is 14.4 Å². The number of rotatable bonds is 22. The summed E-state index contributed by atoms with van der Waals surface area (Å²) in [5.41, 5.74) is 5.20. The number of nitrogens with two attached hydrogens (primary N) is 1. The highest BCUT2D eigenvalue weighted by molar-refractivity contribution is 5.88. The zero-order chi connectivity index (χ0) is 28.1. The molecule has 37 heavy (non-hydrogen) atoms. The standard InChI is InChI=1S/C28H48N2O7/c1-4-6-8-10-11-12-13-14-15-17-22(37-28(36)24(20-26(29)33)30-21(3)31)19-25(32)23(27(34)35)18-16-9-7-5-2/h11-12,14-15,22-25,32H,4-10,13,16-20H2,1-3H3,(H2,29,33)(H,30,31)(H,34,35)/b12-11-,15-14-/t22-,23-,24-,25-/m0/s1. The van der Waals surface area contributed by atoms with E-state index in [-0.39, 0.29) is 12.8 Å². The van der Waals surface area contributed by atoms with Crippen LogP contribution in [0.5, 0.6) is 0 Å². The van der Waals surface area contributed by atoms with E-state index in [9.17, 15) is 29.4 Å². The number of allylic oxidation sites excluding steroid dienone is 3. The summed E-state index contributed by atoms with van der Waals surface area (Å²) in [4.78, 5) is 47.4. The number of carboxylic acids is 1. The minimum atomic E-state index is -1.26. The maximum atomic E-state index is 12.7. The van der Waals surface area contributed by atoms with E-state index in [2.05, 4.69) is 31.3 Å². The first-order valence-electron chi connectivity index (χ1n) is 13.6. The summed E-state index contributed by atoms with van der Waals surface area (Å²) in [6.45, 7) is 5.42. The molecule has 0 aromatic heterocycles. The van der Waals surface area contributed by atoms with Crippen molar-refractivity contribution in [2.24, 2.45) is 11.7 Å². The fourth-order valence-corrected chi connectivity index (χ4v) is 3.93. The first-order valence-corrected chi connectivity index (χ1v) is 13.6. The molecule has 0 fully saturated rings. The third-order valence-corrected chi connectivity index (χ3v) is 5.98. The molecule has 0 saturated heterocycles. The Labute approximate surface area is 221 Å². The molecule has 0 spiro atoms. The number of carbonyl (C=O) groups is 4. The monoisotopic (exact) mass is 524 g/mol. The van der Waals surface area contributed by atoms with Crippen LogP contribution < -0.4 is 11.1 Å². The topological polar surface area (TPSA) is 156 Å². The van der Waals surface area contributed by atoms with E-state index in [0.717, 1.165) is 32.1 Å². The quantitative estimate of drug-likeness (QED) is 0.0940. The number of unbranched alkanes of at least 4 members (excludes halogenated alkanes) is 6. The molecule has 0 aliphatic heterocycles. The lowest BCUT2D eigenvalue weighted by Crippen LogP contribution is -2.45. The fourth-order valence-electron chi connectivity index (χ4n) is 3.93. The third kappa shape index (κ3) is 18.2. The van der Waals surface area contributed by atoms with Crippen molar-refractivity contribution in [3.63, 3.8) is 0 Å². The van der Waals surface area contributed by atoms with Crippen molar-refractivity contribution in [1.29, 1.82) is 0 Å². The van der Waals surface area contributed by atoms with E-state index >= 15 is 0 Å². The lowest BCUT2D eigenvalue weighted by molar-refractivity contribution is -0.156. The van der Waals surface area contributed by atoms with Crippen LogP contribution in [0.4, 0.5) is 0 Å². The van der Waals surface area contributed by atoms with Gasteiger partial charge in [-0.15, -0.1) is 0 Å². The lowest BCUT2D eigenvalue weighted by atomic mass is 9.91. The molecule has 0 unspecified atom stereocenters. The first-order chi connectivity index (χ1) is 17.6. The van der Waals surface area contributed by atoms with Crippen LogP contribution >= 0.6 is 0 Å². The average Bonchev–Trinajstić information content (AvgIpc) is 2.81. The van der Waals surface area contributed by atoms with Gasteiger partial charge in [0.15, 0.2) is 0 Å². The molecule has 0 aliphatic carbocycles. The van der Waals surface area contributed by atoms with Crippen molar-refractivity contribution in [3.8, 4) is 0 Å². The zero-order valence-electron chi connectivity index (χ0n) is 22.8. The molecular formula is C28H48N2O7. The van der Waals surface area contributed by atoms with Gasteiger partial charge in [-0.25, -0.2) is 4.79 Å². The van der Waals surface area contributed by atoms with E-state index < -0.39 is 54.3 Å². The third-order valence-electron chi connectivity index (χ3n) is 5.98. The summed E-state index contributed by atoms with van der Waals surface area (Å²) in [7, 11) is 0. The van der Waals surface area contributed by atoms with Gasteiger partial charge in [-0.2, -0.15) is 0 Å². The minimum absolute atomic E-state index is 0.0863. The Morgan fingerprint density at radius 2 is 1.59 bits per heavy atom. The Morgan fingerprint density at radius 1 is 0.946 bits per heavy atom. The predicted octanol–water partition coefficient (Wildman–Crippen LogP) is 4.17. The molecular weight excluding hydrogens is 476 g/mol. The van der Waals surface area contributed by atoms with Crippen molar-refractivity contribution in [3.05, 3.63) is 24.3 Å². The molecule has 0 aromatic carbocycles. The van der Waals surface area contributed by atoms with E-state index in [4.69, 9.17) is 10.5 Å². The molecule has 0 rings (SSSR count). The number of nitrogens with one attached hydrogen (secondary N) is 1. The van der Waals surface area contributed by atoms with Gasteiger partial charge in [0.25, 0.3) is 0 Å². The predicted molar refractivity (Wildman–Crippen MR) is 143 cm³/mol. The van der Waals surface area contributed by atoms with Crippen LogP contribution in [-0.2, 0) is 23.9 Å². The molecule has 9 heteroatoms. The molecule has 5 N–H and O–H groups in total. The van der Waals surface area contributed by atoms with Crippen LogP contribution in [0.25, 0.3) is 0 Å². The van der Waals surface area contributed by atoms with Gasteiger partial charge in [-0.1, -0.05) is 76.7 Å². The van der Waals surface area contributed by atoms with Gasteiger partial charge in [0.2, 0.25) is 11.8 Å². The van der Waals surface area contributed by atoms with E-state index in [1.807, 2.05) is 12.2 Å². The smallest absolute Gasteiger partial charge is 0.329 e. The highest BCUT2D eigenvalue weighted by Gasteiger charge is 2.31. The number of hydrogen-bond donors (Lipinski definition) is 4. The molecule has 9 nitrogen and oxygen atoms in total. The number of primary amides is 1. The summed E-state index contributed by atoms with van der Waals surface area (Å²) in [5.74, 6) is -4.24. The maximum absolute atomic E-state index is 12.7. The van der Waals surface area contributed by atoms with E-state index in [1.54, 1.807) is 0 Å². The second kappa shape index (κ2) is 21.4. The normalized spacial score (nSPS) is 14.8. The highest BCUT2D eigenvalue weighted by Crippen LogP contribution is 2.21. The van der Waals surface area contributed by atoms with Crippen LogP contribution in [0, 0.1) is 5.92 Å². The number of aliphatic carboxylic acids is 1. The van der Waals surface area contributed by atoms with Crippen molar-refractivity contribution in [1.82, 2.24) is 5.32 Å². The Bertz CT molecular complexity index is 720. The summed E-state index contributed by atoms with van der Waals surface area (Å²) in [5, 5.41) is 22.7. The van der Waals surface area contributed by atoms with Crippen LogP contribution in [0.1, 0.15) is 104 Å². The molecule has 4 atom stereocenters. The molecule has 0 saturated carbocycles. The highest BCUT2D eigenvalue weighted by atomic mass is 16.5. The molecule has 212 valence electrons. The second-order valence-corrected chi connectivity index (χ2v) is 9.49. The zero-order valence-corrected chi connectivity index (χ0v) is 22.8. The van der Waals surface area contributed by atoms with Crippen LogP contribution in [0.15, 0.2) is 24.3 Å². The number of carbonyl (C=O) groups excluding carboxylic acids is 3. The van der Waals surface area contributed by atoms with Gasteiger partial charge >= 0.3 is 11.9 Å². The van der Waals surface area contributed by atoms with Gasteiger partial charge in [0, 0.05) is 19.8 Å². The van der Waals surface area contributed by atoms with Crippen molar-refractivity contribution < 1.29 is 34.1 Å². The largest absolute Gasteiger partial charge is 0.481 e. The van der Waals surface area contributed by atoms with Crippen molar-refractivity contribution >= 4 is 23.8 Å². The summed E-state index contributed by atoms with van der Waals surface area (Å²) in [6, 6.07) is -1.26. The van der Waals surface area contributed by atoms with Gasteiger partial charge in [-0.05, 0) is 25.7 Å². The average molecular weight is 525 g/mol. The molecule has 0 aliphatic rings. The van der Waals surface area contributed by atoms with E-state index in [1.165, 1.54) is 19.8 Å². The number of aliphatic hydroxyl groups is 1.